The molecule has 0 aliphatic heterocycles. The summed E-state index contributed by atoms with van der Waals surface area (Å²) >= 11 is 0. The van der Waals surface area contributed by atoms with Gasteiger partial charge in [0.15, 0.2) is 0 Å². The van der Waals surface area contributed by atoms with Gasteiger partial charge < -0.3 is 9.64 Å². The van der Waals surface area contributed by atoms with Crippen LogP contribution < -0.4 is 4.74 Å². The summed E-state index contributed by atoms with van der Waals surface area (Å²) in [5.74, 6) is 0.993. The first-order valence-electron chi connectivity index (χ1n) is 6.56. The van der Waals surface area contributed by atoms with Gasteiger partial charge in [0.2, 0.25) is 0 Å². The van der Waals surface area contributed by atoms with Gasteiger partial charge in [0.05, 0.1) is 6.10 Å². The zero-order valence-electron chi connectivity index (χ0n) is 11.6. The summed E-state index contributed by atoms with van der Waals surface area (Å²) in [7, 11) is 4.20. The summed E-state index contributed by atoms with van der Waals surface area (Å²) in [6, 6.07) is 8.45. The van der Waals surface area contributed by atoms with Gasteiger partial charge in [-0.15, -0.1) is 0 Å². The van der Waals surface area contributed by atoms with Crippen LogP contribution in [-0.2, 0) is 6.42 Å². The summed E-state index contributed by atoms with van der Waals surface area (Å²) in [4.78, 5) is 2.20. The van der Waals surface area contributed by atoms with Gasteiger partial charge >= 0.3 is 0 Å². The van der Waals surface area contributed by atoms with Crippen LogP contribution in [0.15, 0.2) is 24.3 Å². The van der Waals surface area contributed by atoms with E-state index < -0.39 is 0 Å². The van der Waals surface area contributed by atoms with E-state index in [0.29, 0.717) is 6.10 Å². The Kier molecular flexibility index (Phi) is 6.06. The molecule has 0 aromatic heterocycles. The molecule has 1 rings (SSSR count). The van der Waals surface area contributed by atoms with E-state index in [0.717, 1.165) is 31.6 Å². The smallest absolute Gasteiger partial charge is 0.119 e. The average molecular weight is 235 g/mol. The lowest BCUT2D eigenvalue weighted by Crippen LogP contribution is -2.23. The van der Waals surface area contributed by atoms with E-state index in [9.17, 15) is 0 Å². The molecule has 2 nitrogen and oxygen atoms in total. The Hall–Kier alpha value is -1.02. The highest BCUT2D eigenvalue weighted by Gasteiger charge is 2.08. The van der Waals surface area contributed by atoms with Crippen LogP contribution in [-0.4, -0.2) is 31.6 Å². The predicted octanol–water partition coefficient (Wildman–Crippen LogP) is 3.36. The van der Waals surface area contributed by atoms with Crippen molar-refractivity contribution in [3.8, 4) is 5.75 Å². The Balaban J connectivity index is 2.48. The highest BCUT2D eigenvalue weighted by molar-refractivity contribution is 5.27. The monoisotopic (exact) mass is 235 g/mol. The number of rotatable bonds is 7. The van der Waals surface area contributed by atoms with E-state index in [2.05, 4.69) is 57.1 Å². The van der Waals surface area contributed by atoms with Crippen molar-refractivity contribution >= 4 is 0 Å². The van der Waals surface area contributed by atoms with Crippen LogP contribution in [0.2, 0.25) is 0 Å². The second kappa shape index (κ2) is 7.33. The quantitative estimate of drug-likeness (QED) is 0.718. The molecule has 1 aromatic rings. The van der Waals surface area contributed by atoms with E-state index in [4.69, 9.17) is 4.74 Å². The third-order valence-corrected chi connectivity index (χ3v) is 2.99. The largest absolute Gasteiger partial charge is 0.490 e. The first-order valence-corrected chi connectivity index (χ1v) is 6.56. The molecular weight excluding hydrogens is 210 g/mol. The molecule has 0 saturated heterocycles. The second-order valence-electron chi connectivity index (χ2n) is 4.74. The Morgan fingerprint density at radius 2 is 1.76 bits per heavy atom. The number of aryl methyl sites for hydroxylation is 1. The molecule has 17 heavy (non-hydrogen) atoms. The molecule has 2 heteroatoms. The summed E-state index contributed by atoms with van der Waals surface area (Å²) < 4.78 is 5.99. The van der Waals surface area contributed by atoms with Gasteiger partial charge in [0.25, 0.3) is 0 Å². The molecule has 1 atom stereocenters. The van der Waals surface area contributed by atoms with Crippen molar-refractivity contribution < 1.29 is 4.74 Å². The first-order chi connectivity index (χ1) is 8.15. The van der Waals surface area contributed by atoms with Gasteiger partial charge in [-0.2, -0.15) is 0 Å². The normalized spacial score (nSPS) is 12.8. The lowest BCUT2D eigenvalue weighted by Gasteiger charge is -2.19. The molecule has 0 bridgehead atoms. The second-order valence-corrected chi connectivity index (χ2v) is 4.74. The van der Waals surface area contributed by atoms with E-state index in [1.165, 1.54) is 5.56 Å². The summed E-state index contributed by atoms with van der Waals surface area (Å²) in [5.41, 5.74) is 1.36. The topological polar surface area (TPSA) is 12.5 Å². The van der Waals surface area contributed by atoms with E-state index >= 15 is 0 Å². The van der Waals surface area contributed by atoms with Crippen LogP contribution in [0.1, 0.15) is 32.3 Å². The highest BCUT2D eigenvalue weighted by atomic mass is 16.5. The van der Waals surface area contributed by atoms with Crippen LogP contribution in [0, 0.1) is 0 Å². The van der Waals surface area contributed by atoms with Crippen LogP contribution >= 0.6 is 0 Å². The van der Waals surface area contributed by atoms with E-state index in [1.54, 1.807) is 0 Å². The molecule has 1 unspecified atom stereocenters. The number of nitrogens with zero attached hydrogens (tertiary/aromatic N) is 1. The number of benzene rings is 1. The maximum Gasteiger partial charge on any atom is 0.119 e. The van der Waals surface area contributed by atoms with Crippen molar-refractivity contribution in [2.24, 2.45) is 0 Å². The van der Waals surface area contributed by atoms with Gasteiger partial charge in [-0.1, -0.05) is 26.0 Å². The van der Waals surface area contributed by atoms with Gasteiger partial charge in [-0.25, -0.2) is 0 Å². The Bertz CT molecular complexity index is 305. The third-order valence-electron chi connectivity index (χ3n) is 2.99. The van der Waals surface area contributed by atoms with Crippen LogP contribution in [0.4, 0.5) is 0 Å². The zero-order chi connectivity index (χ0) is 12.7. The van der Waals surface area contributed by atoms with Crippen LogP contribution in [0.25, 0.3) is 0 Å². The van der Waals surface area contributed by atoms with Crippen molar-refractivity contribution in [1.82, 2.24) is 4.90 Å². The van der Waals surface area contributed by atoms with Gasteiger partial charge in [-0.3, -0.25) is 0 Å². The van der Waals surface area contributed by atoms with E-state index in [-0.39, 0.29) is 0 Å². The van der Waals surface area contributed by atoms with Crippen molar-refractivity contribution in [1.29, 1.82) is 0 Å². The van der Waals surface area contributed by atoms with Crippen molar-refractivity contribution in [3.05, 3.63) is 29.8 Å². The maximum atomic E-state index is 5.99. The van der Waals surface area contributed by atoms with Crippen LogP contribution in [0.5, 0.6) is 5.75 Å². The fourth-order valence-corrected chi connectivity index (χ4v) is 1.74. The Labute approximate surface area is 106 Å². The van der Waals surface area contributed by atoms with Gasteiger partial charge in [-0.05, 0) is 51.1 Å². The number of hydrogen-bond acceptors (Lipinski definition) is 2. The lowest BCUT2D eigenvalue weighted by molar-refractivity contribution is 0.172. The summed E-state index contributed by atoms with van der Waals surface area (Å²) in [6.07, 6.45) is 3.55. The Morgan fingerprint density at radius 1 is 1.12 bits per heavy atom. The molecule has 0 spiro atoms. The maximum absolute atomic E-state index is 5.99. The minimum Gasteiger partial charge on any atom is -0.490 e. The molecule has 1 aromatic carbocycles. The van der Waals surface area contributed by atoms with Crippen LogP contribution in [0.3, 0.4) is 0 Å². The molecule has 0 amide bonds. The molecule has 0 radical (unpaired) electrons. The standard InChI is InChI=1S/C15H25NO/c1-5-13-7-9-15(10-8-13)17-14(6-2)11-12-16(3)4/h7-10,14H,5-6,11-12H2,1-4H3. The molecule has 0 fully saturated rings. The summed E-state index contributed by atoms with van der Waals surface area (Å²) in [5, 5.41) is 0. The minimum absolute atomic E-state index is 0.324. The zero-order valence-corrected chi connectivity index (χ0v) is 11.6. The van der Waals surface area contributed by atoms with Crippen molar-refractivity contribution in [2.75, 3.05) is 20.6 Å². The third kappa shape index (κ3) is 5.22. The number of hydrogen-bond donors (Lipinski definition) is 0. The molecule has 0 aliphatic carbocycles. The molecule has 0 saturated carbocycles. The first kappa shape index (κ1) is 14.0. The molecule has 0 aliphatic rings. The van der Waals surface area contributed by atoms with Crippen molar-refractivity contribution in [2.45, 2.75) is 39.2 Å². The average Bonchev–Trinajstić information content (AvgIpc) is 2.35. The lowest BCUT2D eigenvalue weighted by atomic mass is 10.1. The Morgan fingerprint density at radius 3 is 2.24 bits per heavy atom. The fraction of sp³-hybridized carbons (Fsp3) is 0.600. The van der Waals surface area contributed by atoms with Crippen molar-refractivity contribution in [3.63, 3.8) is 0 Å². The predicted molar refractivity (Wildman–Crippen MR) is 73.7 cm³/mol. The minimum atomic E-state index is 0.324. The molecule has 96 valence electrons. The number of ether oxygens (including phenoxy) is 1. The molecule has 0 heterocycles. The summed E-state index contributed by atoms with van der Waals surface area (Å²) in [6.45, 7) is 5.42. The van der Waals surface area contributed by atoms with E-state index in [1.807, 2.05) is 0 Å². The SMILES string of the molecule is CCc1ccc(OC(CC)CCN(C)C)cc1. The van der Waals surface area contributed by atoms with Gasteiger partial charge in [0.1, 0.15) is 5.75 Å². The molecular formula is C15H25NO. The molecule has 0 N–H and O–H groups in total. The van der Waals surface area contributed by atoms with Gasteiger partial charge in [0, 0.05) is 6.54 Å². The highest BCUT2D eigenvalue weighted by Crippen LogP contribution is 2.16. The fourth-order valence-electron chi connectivity index (χ4n) is 1.74.